The molecule has 0 aromatic carbocycles. The number of nitrogens with zero attached hydrogens (tertiary/aromatic N) is 1. The highest BCUT2D eigenvalue weighted by Gasteiger charge is 2.27. The quantitative estimate of drug-likeness (QED) is 0.674. The Bertz CT molecular complexity index is 496. The Morgan fingerprint density at radius 3 is 3.00 bits per heavy atom. The molecule has 0 unspecified atom stereocenters. The van der Waals surface area contributed by atoms with Gasteiger partial charge in [0, 0.05) is 6.20 Å². The lowest BCUT2D eigenvalue weighted by Crippen LogP contribution is -2.34. The lowest BCUT2D eigenvalue weighted by molar-refractivity contribution is -0.0993. The highest BCUT2D eigenvalue weighted by atomic mass is 127. The molecule has 2 atom stereocenters. The van der Waals surface area contributed by atoms with Gasteiger partial charge in [0.2, 0.25) is 0 Å². The summed E-state index contributed by atoms with van der Waals surface area (Å²) in [7, 11) is 0. The van der Waals surface area contributed by atoms with E-state index in [9.17, 15) is 9.59 Å². The van der Waals surface area contributed by atoms with E-state index in [0.29, 0.717) is 3.57 Å². The Morgan fingerprint density at radius 2 is 2.38 bits per heavy atom. The van der Waals surface area contributed by atoms with Crippen molar-refractivity contribution in [1.29, 1.82) is 0 Å². The molecule has 0 radical (unpaired) electrons. The Balaban J connectivity index is 2.32. The topological polar surface area (TPSA) is 93.6 Å². The average molecular weight is 340 g/mol. The molecule has 8 heteroatoms. The number of aromatic nitrogens is 2. The number of ether oxygens (including phenoxy) is 2. The number of aliphatic hydroxyl groups is 1. The van der Waals surface area contributed by atoms with Crippen LogP contribution in [0.25, 0.3) is 0 Å². The highest BCUT2D eigenvalue weighted by Crippen LogP contribution is 2.18. The van der Waals surface area contributed by atoms with Gasteiger partial charge in [0.25, 0.3) is 5.56 Å². The fourth-order valence-corrected chi connectivity index (χ4v) is 1.79. The Labute approximate surface area is 103 Å². The van der Waals surface area contributed by atoms with Crippen LogP contribution < -0.4 is 11.2 Å². The molecule has 0 spiro atoms. The summed E-state index contributed by atoms with van der Waals surface area (Å²) in [5.41, 5.74) is -0.989. The zero-order valence-corrected chi connectivity index (χ0v) is 10.2. The van der Waals surface area contributed by atoms with Gasteiger partial charge in [-0.05, 0) is 22.6 Å². The summed E-state index contributed by atoms with van der Waals surface area (Å²) < 4.78 is 11.9. The van der Waals surface area contributed by atoms with Gasteiger partial charge in [-0.15, -0.1) is 0 Å². The van der Waals surface area contributed by atoms with Crippen LogP contribution in [0, 0.1) is 3.57 Å². The van der Waals surface area contributed by atoms with E-state index in [1.807, 2.05) is 22.6 Å². The fraction of sp³-hybridized carbons (Fsp3) is 0.500. The molecule has 2 rings (SSSR count). The maximum atomic E-state index is 11.5. The van der Waals surface area contributed by atoms with Crippen LogP contribution in [0.3, 0.4) is 0 Å². The predicted molar refractivity (Wildman–Crippen MR) is 61.0 cm³/mol. The fourth-order valence-electron chi connectivity index (χ4n) is 1.36. The maximum Gasteiger partial charge on any atom is 0.330 e. The van der Waals surface area contributed by atoms with E-state index in [1.54, 1.807) is 0 Å². The zero-order valence-electron chi connectivity index (χ0n) is 8.05. The third kappa shape index (κ3) is 2.19. The summed E-state index contributed by atoms with van der Waals surface area (Å²) in [6.45, 7) is -0.112. The molecule has 1 aromatic heterocycles. The van der Waals surface area contributed by atoms with Crippen LogP contribution in [-0.4, -0.2) is 34.2 Å². The summed E-state index contributed by atoms with van der Waals surface area (Å²) in [6.07, 6.45) is 0.0618. The molecule has 16 heavy (non-hydrogen) atoms. The smallest absolute Gasteiger partial charge is 0.330 e. The van der Waals surface area contributed by atoms with Gasteiger partial charge in [-0.3, -0.25) is 14.3 Å². The molecule has 7 nitrogen and oxygen atoms in total. The number of halogens is 1. The molecule has 88 valence electrons. The first-order chi connectivity index (χ1) is 7.61. The largest absolute Gasteiger partial charge is 0.391 e. The van der Waals surface area contributed by atoms with Crippen LogP contribution >= 0.6 is 22.6 Å². The van der Waals surface area contributed by atoms with Crippen LogP contribution in [-0.2, 0) is 9.47 Å². The van der Waals surface area contributed by atoms with E-state index in [2.05, 4.69) is 4.98 Å². The van der Waals surface area contributed by atoms with Gasteiger partial charge in [0.1, 0.15) is 0 Å². The number of hydrogen-bond donors (Lipinski definition) is 2. The minimum Gasteiger partial charge on any atom is -0.391 e. The SMILES string of the molecule is O=c1[nH]c(=O)n([C@H]2CO[C@@H](CO)O2)cc1I. The third-order valence-corrected chi connectivity index (χ3v) is 2.89. The molecule has 1 aliphatic rings. The van der Waals surface area contributed by atoms with Gasteiger partial charge in [-0.2, -0.15) is 0 Å². The Hall–Kier alpha value is -0.710. The van der Waals surface area contributed by atoms with Crippen molar-refractivity contribution < 1.29 is 14.6 Å². The molecular formula is C8H9IN2O5. The molecule has 1 aliphatic heterocycles. The van der Waals surface area contributed by atoms with E-state index < -0.39 is 23.8 Å². The molecule has 0 aliphatic carbocycles. The zero-order chi connectivity index (χ0) is 11.7. The van der Waals surface area contributed by atoms with Crippen molar-refractivity contribution in [3.05, 3.63) is 30.6 Å². The van der Waals surface area contributed by atoms with Gasteiger partial charge in [0.05, 0.1) is 16.8 Å². The first kappa shape index (κ1) is 11.8. The van der Waals surface area contributed by atoms with Crippen LogP contribution in [0.4, 0.5) is 0 Å². The van der Waals surface area contributed by atoms with Crippen LogP contribution in [0.1, 0.15) is 6.23 Å². The van der Waals surface area contributed by atoms with E-state index in [4.69, 9.17) is 14.6 Å². The van der Waals surface area contributed by atoms with E-state index in [1.165, 1.54) is 10.8 Å². The molecule has 0 saturated carbocycles. The van der Waals surface area contributed by atoms with Gasteiger partial charge >= 0.3 is 5.69 Å². The lowest BCUT2D eigenvalue weighted by Gasteiger charge is -2.12. The van der Waals surface area contributed by atoms with Gasteiger partial charge in [0.15, 0.2) is 12.5 Å². The summed E-state index contributed by atoms with van der Waals surface area (Å²) in [5.74, 6) is 0. The molecule has 1 fully saturated rings. The molecular weight excluding hydrogens is 331 g/mol. The van der Waals surface area contributed by atoms with Crippen LogP contribution in [0.2, 0.25) is 0 Å². The van der Waals surface area contributed by atoms with Crippen molar-refractivity contribution in [2.75, 3.05) is 13.2 Å². The van der Waals surface area contributed by atoms with Crippen LogP contribution in [0.15, 0.2) is 15.8 Å². The van der Waals surface area contributed by atoms with Crippen molar-refractivity contribution in [2.24, 2.45) is 0 Å². The van der Waals surface area contributed by atoms with Crippen molar-refractivity contribution >= 4 is 22.6 Å². The van der Waals surface area contributed by atoms with Gasteiger partial charge < -0.3 is 14.6 Å². The van der Waals surface area contributed by atoms with Crippen molar-refractivity contribution in [3.8, 4) is 0 Å². The minimum atomic E-state index is -0.721. The van der Waals surface area contributed by atoms with Crippen molar-refractivity contribution in [2.45, 2.75) is 12.5 Å². The summed E-state index contributed by atoms with van der Waals surface area (Å²) in [6, 6.07) is 0. The van der Waals surface area contributed by atoms with E-state index in [0.717, 1.165) is 0 Å². The molecule has 2 heterocycles. The maximum absolute atomic E-state index is 11.5. The second kappa shape index (κ2) is 4.65. The first-order valence-electron chi connectivity index (χ1n) is 4.50. The predicted octanol–water partition coefficient (Wildman–Crippen LogP) is -0.995. The summed E-state index contributed by atoms with van der Waals surface area (Å²) >= 11 is 1.82. The summed E-state index contributed by atoms with van der Waals surface area (Å²) in [4.78, 5) is 24.8. The van der Waals surface area contributed by atoms with E-state index >= 15 is 0 Å². The van der Waals surface area contributed by atoms with Gasteiger partial charge in [-0.25, -0.2) is 4.79 Å². The monoisotopic (exact) mass is 340 g/mol. The number of aromatic amines is 1. The normalized spacial score (nSPS) is 24.9. The first-order valence-corrected chi connectivity index (χ1v) is 5.58. The molecule has 0 bridgehead atoms. The second-order valence-corrected chi connectivity index (χ2v) is 4.34. The molecule has 0 amide bonds. The van der Waals surface area contributed by atoms with Gasteiger partial charge in [-0.1, -0.05) is 0 Å². The highest BCUT2D eigenvalue weighted by molar-refractivity contribution is 14.1. The Morgan fingerprint density at radius 1 is 1.62 bits per heavy atom. The average Bonchev–Trinajstić information content (AvgIpc) is 2.71. The van der Waals surface area contributed by atoms with Crippen molar-refractivity contribution in [3.63, 3.8) is 0 Å². The third-order valence-electron chi connectivity index (χ3n) is 2.12. The minimum absolute atomic E-state index is 0.160. The second-order valence-electron chi connectivity index (χ2n) is 3.18. The number of nitrogens with one attached hydrogen (secondary N) is 1. The molecule has 1 saturated heterocycles. The Kier molecular flexibility index (Phi) is 3.42. The number of aliphatic hydroxyl groups excluding tert-OH is 1. The summed E-state index contributed by atoms with van der Waals surface area (Å²) in [5, 5.41) is 8.80. The molecule has 2 N–H and O–H groups in total. The number of rotatable bonds is 2. The lowest BCUT2D eigenvalue weighted by atomic mass is 10.5. The van der Waals surface area contributed by atoms with Crippen molar-refractivity contribution in [1.82, 2.24) is 9.55 Å². The molecule has 1 aromatic rings. The number of H-pyrrole nitrogens is 1. The van der Waals surface area contributed by atoms with E-state index in [-0.39, 0.29) is 13.2 Å². The number of hydrogen-bond acceptors (Lipinski definition) is 5. The standard InChI is InChI=1S/C8H9IN2O5/c9-4-1-11(8(14)10-7(4)13)5-3-15-6(2-12)16-5/h1,5-6,12H,2-3H2,(H,10,13,14)/t5-,6-/m1/s1. The van der Waals surface area contributed by atoms with Crippen LogP contribution in [0.5, 0.6) is 0 Å².